The van der Waals surface area contributed by atoms with Crippen LogP contribution in [0.15, 0.2) is 42.5 Å². The summed E-state index contributed by atoms with van der Waals surface area (Å²) in [5.74, 6) is 0. The van der Waals surface area contributed by atoms with E-state index in [1.54, 1.807) is 10.8 Å². The van der Waals surface area contributed by atoms with Gasteiger partial charge >= 0.3 is 17.1 Å². The molecule has 2 saturated heterocycles. The molecule has 8 heteroatoms. The molecule has 4 rings (SSSR count). The minimum absolute atomic E-state index is 0. The Kier molecular flexibility index (Phi) is 13.2. The van der Waals surface area contributed by atoms with Crippen molar-refractivity contribution in [2.45, 2.75) is 108 Å². The molecule has 1 atom stereocenters. The summed E-state index contributed by atoms with van der Waals surface area (Å²) in [6.45, 7) is 26.5. The average Bonchev–Trinajstić information content (AvgIpc) is 3.55. The van der Waals surface area contributed by atoms with Crippen LogP contribution < -0.4 is 26.5 Å². The van der Waals surface area contributed by atoms with Crippen LogP contribution in [0.25, 0.3) is 0 Å². The molecule has 1 unspecified atom stereocenters. The van der Waals surface area contributed by atoms with E-state index in [0.717, 1.165) is 26.2 Å². The molecule has 4 N–H and O–H groups in total. The van der Waals surface area contributed by atoms with Crippen LogP contribution in [0, 0.1) is 0 Å². The van der Waals surface area contributed by atoms with Crippen LogP contribution in [0.1, 0.15) is 65.5 Å². The van der Waals surface area contributed by atoms with Crippen LogP contribution in [0.5, 0.6) is 0 Å². The Morgan fingerprint density at radius 2 is 1.28 bits per heavy atom. The summed E-state index contributed by atoms with van der Waals surface area (Å²) in [4.78, 5) is 0. The molecule has 0 aliphatic carbocycles. The maximum atomic E-state index is 3.85. The van der Waals surface area contributed by atoms with Crippen LogP contribution in [0.3, 0.4) is 0 Å². The largest absolute Gasteiger partial charge is 2.00 e. The van der Waals surface area contributed by atoms with E-state index >= 15 is 0 Å². The minimum atomic E-state index is -1.45. The van der Waals surface area contributed by atoms with Crippen LogP contribution in [0.2, 0.25) is 19.6 Å². The molecular weight excluding hydrogens is 574 g/mol. The van der Waals surface area contributed by atoms with E-state index in [1.807, 2.05) is 30.3 Å². The van der Waals surface area contributed by atoms with Crippen molar-refractivity contribution in [1.29, 1.82) is 0 Å². The van der Waals surface area contributed by atoms with Crippen LogP contribution in [-0.2, 0) is 28.4 Å². The second-order valence-electron chi connectivity index (χ2n) is 14.1. The Morgan fingerprint density at radius 3 is 1.62 bits per heavy atom. The smallest absolute Gasteiger partial charge is 0.301 e. The van der Waals surface area contributed by atoms with Crippen molar-refractivity contribution in [3.63, 3.8) is 0 Å². The summed E-state index contributed by atoms with van der Waals surface area (Å²) >= 11 is 0. The van der Waals surface area contributed by atoms with E-state index in [4.69, 9.17) is 0 Å². The molecule has 0 radical (unpaired) electrons. The Hall–Kier alpha value is 0.136. The second-order valence-corrected chi connectivity index (χ2v) is 24.0. The molecule has 0 spiro atoms. The van der Waals surface area contributed by atoms with Crippen molar-refractivity contribution in [1.82, 2.24) is 21.3 Å². The zero-order valence-electron chi connectivity index (χ0n) is 26.0. The molecule has 2 aliphatic rings. The molecule has 39 heavy (non-hydrogen) atoms. The summed E-state index contributed by atoms with van der Waals surface area (Å²) in [6.07, 6.45) is 4.03. The van der Waals surface area contributed by atoms with Crippen molar-refractivity contribution in [3.8, 4) is 0 Å². The van der Waals surface area contributed by atoms with Crippen molar-refractivity contribution >= 4 is 30.4 Å². The first-order valence-corrected chi connectivity index (χ1v) is 20.2. The zero-order chi connectivity index (χ0) is 28.2. The van der Waals surface area contributed by atoms with Crippen molar-refractivity contribution in [2.24, 2.45) is 0 Å². The van der Waals surface area contributed by atoms with Gasteiger partial charge in [-0.15, -0.1) is 22.7 Å². The standard InChI is InChI=1S/C26H51N4P2Si.C5H5.Fe/c1-24(2,3)32(25(4,5)6)18-19-16-20(33(7,8)9)17-21(19)26(31,22-27-12-10-13-28-22)23-29-14-11-15-30-23;1-2-4-5-3-1;/h16-17,22-23,27-30H,10-15,18,31H2,1-9H3;1-5H;/q2*-1;+2. The number of nitrogens with one attached hydrogen (secondary N) is 4. The van der Waals surface area contributed by atoms with E-state index in [2.05, 4.69) is 104 Å². The fourth-order valence-electron chi connectivity index (χ4n) is 5.95. The first kappa shape index (κ1) is 35.3. The first-order valence-electron chi connectivity index (χ1n) is 14.6. The van der Waals surface area contributed by atoms with Crippen molar-refractivity contribution in [2.75, 3.05) is 26.2 Å². The average molecular weight is 631 g/mol. The van der Waals surface area contributed by atoms with Gasteiger partial charge in [0.15, 0.2) is 0 Å². The van der Waals surface area contributed by atoms with Crippen LogP contribution >= 0.6 is 17.2 Å². The summed E-state index contributed by atoms with van der Waals surface area (Å²) in [7, 11) is 1.69. The fraction of sp³-hybridized carbons (Fsp3) is 0.677. The van der Waals surface area contributed by atoms with Gasteiger partial charge in [0.05, 0.1) is 20.4 Å². The van der Waals surface area contributed by atoms with E-state index in [0.29, 0.717) is 10.3 Å². The predicted molar refractivity (Wildman–Crippen MR) is 177 cm³/mol. The van der Waals surface area contributed by atoms with Gasteiger partial charge in [-0.05, 0) is 49.3 Å². The molecule has 0 saturated carbocycles. The third-order valence-corrected chi connectivity index (χ3v) is 14.8. The molecule has 0 bridgehead atoms. The van der Waals surface area contributed by atoms with Gasteiger partial charge in [-0.3, -0.25) is 0 Å². The topological polar surface area (TPSA) is 48.1 Å². The van der Waals surface area contributed by atoms with Gasteiger partial charge in [0.2, 0.25) is 0 Å². The number of rotatable bonds is 6. The van der Waals surface area contributed by atoms with Gasteiger partial charge in [-0.2, -0.15) is 35.0 Å². The van der Waals surface area contributed by atoms with Gasteiger partial charge in [-0.25, -0.2) is 18.2 Å². The van der Waals surface area contributed by atoms with E-state index in [-0.39, 0.29) is 42.5 Å². The molecular formula is C31H56FeN4P2Si. The molecule has 2 heterocycles. The Balaban J connectivity index is 0.000000797. The molecule has 0 aromatic heterocycles. The van der Waals surface area contributed by atoms with Crippen molar-refractivity contribution in [3.05, 3.63) is 53.6 Å². The molecule has 2 fully saturated rings. The quantitative estimate of drug-likeness (QED) is 0.185. The monoisotopic (exact) mass is 630 g/mol. The Morgan fingerprint density at radius 1 is 0.846 bits per heavy atom. The fourth-order valence-corrected chi connectivity index (χ4v) is 11.4. The Labute approximate surface area is 255 Å². The SMILES string of the molecule is CC(C)(C)P(Cc1cc([Si](C)(C)C)[cH-]c1C(P)(C1NCCCN1)C1NCCCN1)C(C)(C)C.[Fe+2].c1cc[cH-]c1. The van der Waals surface area contributed by atoms with Crippen LogP contribution in [-0.4, -0.2) is 56.9 Å². The maximum absolute atomic E-state index is 3.85. The van der Waals surface area contributed by atoms with Gasteiger partial charge in [0.25, 0.3) is 0 Å². The predicted octanol–water partition coefficient (Wildman–Crippen LogP) is 5.82. The first-order chi connectivity index (χ1) is 17.6. The molecule has 4 nitrogen and oxygen atoms in total. The zero-order valence-corrected chi connectivity index (χ0v) is 30.2. The molecule has 2 aliphatic heterocycles. The second kappa shape index (κ2) is 14.5. The van der Waals surface area contributed by atoms with Gasteiger partial charge in [0.1, 0.15) is 0 Å². The summed E-state index contributed by atoms with van der Waals surface area (Å²) in [5, 5.41) is 17.5. The Bertz CT molecular complexity index is 911. The molecule has 2 aromatic carbocycles. The molecule has 2 aromatic rings. The van der Waals surface area contributed by atoms with Gasteiger partial charge in [0, 0.05) is 5.16 Å². The molecule has 0 amide bonds. The van der Waals surface area contributed by atoms with E-state index in [1.165, 1.54) is 24.6 Å². The van der Waals surface area contributed by atoms with Crippen molar-refractivity contribution < 1.29 is 17.1 Å². The third-order valence-electron chi connectivity index (χ3n) is 7.87. The van der Waals surface area contributed by atoms with E-state index in [9.17, 15) is 0 Å². The summed E-state index contributed by atoms with van der Waals surface area (Å²) in [5.41, 5.74) is 3.12. The summed E-state index contributed by atoms with van der Waals surface area (Å²) in [6, 6.07) is 15.2. The van der Waals surface area contributed by atoms with Crippen LogP contribution in [0.4, 0.5) is 0 Å². The minimum Gasteiger partial charge on any atom is -0.301 e. The molecule has 222 valence electrons. The normalized spacial score (nSPS) is 18.4. The van der Waals surface area contributed by atoms with E-state index < -0.39 is 8.07 Å². The third kappa shape index (κ3) is 9.31. The summed E-state index contributed by atoms with van der Waals surface area (Å²) < 4.78 is 0. The maximum Gasteiger partial charge on any atom is 2.00 e. The van der Waals surface area contributed by atoms with Gasteiger partial charge < -0.3 is 21.3 Å². The van der Waals surface area contributed by atoms with Gasteiger partial charge in [-0.1, -0.05) is 67.3 Å². The number of hydrogen-bond acceptors (Lipinski definition) is 4. The number of hydrogen-bond donors (Lipinski definition) is 4.